The second kappa shape index (κ2) is 9.40. The quantitative estimate of drug-likeness (QED) is 0.549. The van der Waals surface area contributed by atoms with E-state index < -0.39 is 23.6 Å². The highest BCUT2D eigenvalue weighted by Gasteiger charge is 2.27. The molecule has 0 aliphatic carbocycles. The van der Waals surface area contributed by atoms with Crippen molar-refractivity contribution in [1.82, 2.24) is 0 Å². The number of hydrogen-bond acceptors (Lipinski definition) is 6. The number of rotatable bonds is 6. The molecule has 0 fully saturated rings. The van der Waals surface area contributed by atoms with Gasteiger partial charge in [0.2, 0.25) is 0 Å². The Kier molecular flexibility index (Phi) is 6.66. The van der Waals surface area contributed by atoms with Gasteiger partial charge in [-0.2, -0.15) is 0 Å². The van der Waals surface area contributed by atoms with Gasteiger partial charge in [-0.15, -0.1) is 11.3 Å². The van der Waals surface area contributed by atoms with Crippen molar-refractivity contribution in [3.8, 4) is 5.75 Å². The third-order valence-corrected chi connectivity index (χ3v) is 5.62. The summed E-state index contributed by atoms with van der Waals surface area (Å²) in [4.78, 5) is 38.0. The van der Waals surface area contributed by atoms with Crippen molar-refractivity contribution in [1.29, 1.82) is 0 Å². The fraction of sp³-hybridized carbons (Fsp3) is 0.136. The van der Waals surface area contributed by atoms with E-state index in [0.717, 1.165) is 17.4 Å². The van der Waals surface area contributed by atoms with Gasteiger partial charge < -0.3 is 20.1 Å². The van der Waals surface area contributed by atoms with Gasteiger partial charge in [-0.05, 0) is 42.8 Å². The number of hydrogen-bond donors (Lipinski definition) is 2. The molecule has 0 radical (unpaired) electrons. The monoisotopic (exact) mass is 442 g/mol. The molecule has 31 heavy (non-hydrogen) atoms. The van der Waals surface area contributed by atoms with Crippen molar-refractivity contribution in [3.05, 3.63) is 75.9 Å². The van der Waals surface area contributed by atoms with Gasteiger partial charge in [0, 0.05) is 5.56 Å². The number of para-hydroxylation sites is 2. The highest BCUT2D eigenvalue weighted by molar-refractivity contribution is 7.19. The van der Waals surface area contributed by atoms with Crippen LogP contribution in [0, 0.1) is 12.7 Å². The zero-order valence-electron chi connectivity index (χ0n) is 16.9. The molecular weight excluding hydrogens is 423 g/mol. The van der Waals surface area contributed by atoms with E-state index in [9.17, 15) is 18.8 Å². The van der Waals surface area contributed by atoms with E-state index in [1.165, 1.54) is 32.4 Å². The zero-order chi connectivity index (χ0) is 22.5. The number of halogens is 1. The van der Waals surface area contributed by atoms with Crippen molar-refractivity contribution >= 4 is 39.8 Å². The lowest BCUT2D eigenvalue weighted by molar-refractivity contribution is 0.0601. The topological polar surface area (TPSA) is 93.7 Å². The van der Waals surface area contributed by atoms with Crippen LogP contribution in [0.15, 0.2) is 48.5 Å². The van der Waals surface area contributed by atoms with Crippen LogP contribution >= 0.6 is 11.3 Å². The molecule has 3 rings (SSSR count). The summed E-state index contributed by atoms with van der Waals surface area (Å²) in [6.45, 7) is 1.58. The Hall–Kier alpha value is -3.72. The first-order valence-electron chi connectivity index (χ1n) is 9.08. The number of ether oxygens (including phenoxy) is 2. The lowest BCUT2D eigenvalue weighted by Gasteiger charge is -2.09. The average Bonchev–Trinajstić information content (AvgIpc) is 3.09. The number of methoxy groups -OCH3 is 2. The molecule has 160 valence electrons. The van der Waals surface area contributed by atoms with Gasteiger partial charge in [0.05, 0.1) is 30.3 Å². The summed E-state index contributed by atoms with van der Waals surface area (Å²) in [5.74, 6) is -1.91. The van der Waals surface area contributed by atoms with Crippen LogP contribution < -0.4 is 15.4 Å². The summed E-state index contributed by atoms with van der Waals surface area (Å²) in [5.41, 5.74) is 0.927. The van der Waals surface area contributed by atoms with Crippen LogP contribution in [0.2, 0.25) is 0 Å². The Morgan fingerprint density at radius 2 is 1.71 bits per heavy atom. The molecule has 2 aromatic carbocycles. The summed E-state index contributed by atoms with van der Waals surface area (Å²) >= 11 is 0.918. The lowest BCUT2D eigenvalue weighted by atomic mass is 10.1. The summed E-state index contributed by atoms with van der Waals surface area (Å²) < 4.78 is 23.5. The van der Waals surface area contributed by atoms with Gasteiger partial charge in [-0.1, -0.05) is 18.2 Å². The van der Waals surface area contributed by atoms with Gasteiger partial charge in [-0.25, -0.2) is 9.18 Å². The second-order valence-corrected chi connectivity index (χ2v) is 7.39. The van der Waals surface area contributed by atoms with Crippen molar-refractivity contribution in [2.75, 3.05) is 24.9 Å². The first-order valence-corrected chi connectivity index (χ1v) is 9.90. The predicted molar refractivity (Wildman–Crippen MR) is 116 cm³/mol. The SMILES string of the molecule is COC(=O)c1c(NC(=O)c2cccc(F)c2)sc(C(=O)Nc2ccccc2OC)c1C. The van der Waals surface area contributed by atoms with Crippen molar-refractivity contribution in [2.45, 2.75) is 6.92 Å². The molecule has 3 aromatic rings. The van der Waals surface area contributed by atoms with Crippen LogP contribution in [0.25, 0.3) is 0 Å². The van der Waals surface area contributed by atoms with Gasteiger partial charge in [0.15, 0.2) is 0 Å². The number of anilines is 2. The molecule has 2 amide bonds. The van der Waals surface area contributed by atoms with E-state index in [4.69, 9.17) is 9.47 Å². The molecule has 2 N–H and O–H groups in total. The zero-order valence-corrected chi connectivity index (χ0v) is 17.8. The third kappa shape index (κ3) is 4.72. The maximum Gasteiger partial charge on any atom is 0.341 e. The number of thiophene rings is 1. The number of nitrogens with one attached hydrogen (secondary N) is 2. The highest BCUT2D eigenvalue weighted by atomic mass is 32.1. The van der Waals surface area contributed by atoms with E-state index >= 15 is 0 Å². The Balaban J connectivity index is 1.95. The van der Waals surface area contributed by atoms with Gasteiger partial charge in [-0.3, -0.25) is 9.59 Å². The number of amides is 2. The molecule has 1 heterocycles. The number of esters is 1. The van der Waals surface area contributed by atoms with Crippen LogP contribution in [0.4, 0.5) is 15.1 Å². The van der Waals surface area contributed by atoms with E-state index in [-0.39, 0.29) is 21.0 Å². The Morgan fingerprint density at radius 3 is 2.39 bits per heavy atom. The molecule has 0 aliphatic heterocycles. The molecular formula is C22H19FN2O5S. The van der Waals surface area contributed by atoms with E-state index in [0.29, 0.717) is 17.0 Å². The summed E-state index contributed by atoms with van der Waals surface area (Å²) in [7, 11) is 2.68. The van der Waals surface area contributed by atoms with Crippen molar-refractivity contribution < 1.29 is 28.2 Å². The van der Waals surface area contributed by atoms with Crippen molar-refractivity contribution in [3.63, 3.8) is 0 Å². The number of carbonyl (C=O) groups excluding carboxylic acids is 3. The molecule has 0 aliphatic rings. The lowest BCUT2D eigenvalue weighted by Crippen LogP contribution is -2.14. The average molecular weight is 442 g/mol. The Bertz CT molecular complexity index is 1160. The Labute approximate surface area is 181 Å². The van der Waals surface area contributed by atoms with Gasteiger partial charge >= 0.3 is 5.97 Å². The number of carbonyl (C=O) groups is 3. The molecule has 7 nitrogen and oxygen atoms in total. The minimum atomic E-state index is -0.709. The van der Waals surface area contributed by atoms with E-state index in [1.54, 1.807) is 31.2 Å². The normalized spacial score (nSPS) is 10.3. The summed E-state index contributed by atoms with van der Waals surface area (Å²) in [5, 5.41) is 5.45. The first kappa shape index (κ1) is 22.0. The molecule has 1 aromatic heterocycles. The smallest absolute Gasteiger partial charge is 0.341 e. The minimum absolute atomic E-state index is 0.0578. The molecule has 9 heteroatoms. The molecule has 0 saturated heterocycles. The molecule has 0 atom stereocenters. The van der Waals surface area contributed by atoms with Gasteiger partial charge in [0.1, 0.15) is 16.6 Å². The van der Waals surface area contributed by atoms with Crippen LogP contribution in [0.5, 0.6) is 5.75 Å². The fourth-order valence-corrected chi connectivity index (χ4v) is 3.98. The van der Waals surface area contributed by atoms with Crippen molar-refractivity contribution in [2.24, 2.45) is 0 Å². The minimum Gasteiger partial charge on any atom is -0.495 e. The maximum atomic E-state index is 13.5. The molecule has 0 bridgehead atoms. The highest BCUT2D eigenvalue weighted by Crippen LogP contribution is 2.35. The third-order valence-electron chi connectivity index (χ3n) is 4.41. The molecule has 0 spiro atoms. The molecule has 0 unspecified atom stereocenters. The van der Waals surface area contributed by atoms with E-state index in [2.05, 4.69) is 10.6 Å². The van der Waals surface area contributed by atoms with Crippen LogP contribution in [0.1, 0.15) is 36.0 Å². The largest absolute Gasteiger partial charge is 0.495 e. The molecule has 0 saturated carbocycles. The van der Waals surface area contributed by atoms with Crippen LogP contribution in [-0.2, 0) is 4.74 Å². The summed E-state index contributed by atoms with van der Waals surface area (Å²) in [6, 6.07) is 12.0. The standard InChI is InChI=1S/C22H19FN2O5S/c1-12-17(22(28)30-3)21(25-19(26)13-7-6-8-14(23)11-13)31-18(12)20(27)24-15-9-4-5-10-16(15)29-2/h4-11H,1-3H3,(H,24,27)(H,25,26). The number of benzene rings is 2. The van der Waals surface area contributed by atoms with Gasteiger partial charge in [0.25, 0.3) is 11.8 Å². The maximum absolute atomic E-state index is 13.5. The van der Waals surface area contributed by atoms with Crippen LogP contribution in [-0.4, -0.2) is 32.0 Å². The fourth-order valence-electron chi connectivity index (χ4n) is 2.90. The van der Waals surface area contributed by atoms with E-state index in [1.807, 2.05) is 0 Å². The Morgan fingerprint density at radius 1 is 0.968 bits per heavy atom. The van der Waals surface area contributed by atoms with Crippen LogP contribution in [0.3, 0.4) is 0 Å². The first-order chi connectivity index (χ1) is 14.8. The predicted octanol–water partition coefficient (Wildman–Crippen LogP) is 4.50. The second-order valence-electron chi connectivity index (χ2n) is 6.37. The summed E-state index contributed by atoms with van der Waals surface area (Å²) in [6.07, 6.45) is 0.